The average Bonchev–Trinajstić information content (AvgIpc) is 2.77. The summed E-state index contributed by atoms with van der Waals surface area (Å²) >= 11 is 7.16. The van der Waals surface area contributed by atoms with Crippen LogP contribution in [-0.4, -0.2) is 22.0 Å². The van der Waals surface area contributed by atoms with Crippen LogP contribution in [0.5, 0.6) is 0 Å². The van der Waals surface area contributed by atoms with Crippen LogP contribution in [0.3, 0.4) is 0 Å². The molecule has 0 aliphatic heterocycles. The molecule has 7 heteroatoms. The number of aryl methyl sites for hydroxylation is 1. The number of rotatable bonds is 3. The maximum absolute atomic E-state index is 12.0. The molecule has 0 unspecified atom stereocenters. The number of nitrogens with zero attached hydrogens (tertiary/aromatic N) is 1. The summed E-state index contributed by atoms with van der Waals surface area (Å²) in [6.07, 6.45) is 0. The minimum atomic E-state index is -1.07. The highest BCUT2D eigenvalue weighted by Crippen LogP contribution is 2.24. The Bertz CT molecular complexity index is 654. The van der Waals surface area contributed by atoms with Crippen molar-refractivity contribution in [3.63, 3.8) is 0 Å². The van der Waals surface area contributed by atoms with Gasteiger partial charge in [-0.05, 0) is 25.1 Å². The van der Waals surface area contributed by atoms with Gasteiger partial charge in [0, 0.05) is 0 Å². The van der Waals surface area contributed by atoms with Gasteiger partial charge in [0.25, 0.3) is 5.91 Å². The number of carboxylic acids is 1. The molecule has 2 rings (SSSR count). The summed E-state index contributed by atoms with van der Waals surface area (Å²) in [4.78, 5) is 27.2. The Hall–Kier alpha value is -1.92. The summed E-state index contributed by atoms with van der Waals surface area (Å²) in [5.74, 6) is -1.39. The first-order chi connectivity index (χ1) is 8.99. The van der Waals surface area contributed by atoms with Crippen LogP contribution in [-0.2, 0) is 0 Å². The number of aromatic nitrogens is 1. The van der Waals surface area contributed by atoms with Gasteiger partial charge in [0.15, 0.2) is 0 Å². The Morgan fingerprint density at radius 3 is 2.68 bits per heavy atom. The second kappa shape index (κ2) is 5.38. The number of nitrogens with one attached hydrogen (secondary N) is 1. The standard InChI is InChI=1S/C12H9ClN2O3S/c1-6-10(19-5-14-6)11(16)15-9-3-2-7(12(17)18)4-8(9)13/h2-5H,1H3,(H,15,16)(H,17,18). The molecule has 0 saturated heterocycles. The molecule has 0 atom stereocenters. The summed E-state index contributed by atoms with van der Waals surface area (Å²) in [7, 11) is 0. The summed E-state index contributed by atoms with van der Waals surface area (Å²) in [6.45, 7) is 1.74. The van der Waals surface area contributed by atoms with Crippen molar-refractivity contribution in [2.45, 2.75) is 6.92 Å². The summed E-state index contributed by atoms with van der Waals surface area (Å²) < 4.78 is 0. The van der Waals surface area contributed by atoms with E-state index in [1.165, 1.54) is 29.5 Å². The molecule has 0 saturated carbocycles. The fourth-order valence-electron chi connectivity index (χ4n) is 1.45. The highest BCUT2D eigenvalue weighted by atomic mass is 35.5. The lowest BCUT2D eigenvalue weighted by Gasteiger charge is -2.07. The number of anilines is 1. The van der Waals surface area contributed by atoms with Crippen LogP contribution in [0.4, 0.5) is 5.69 Å². The fourth-order valence-corrected chi connectivity index (χ4v) is 2.37. The highest BCUT2D eigenvalue weighted by molar-refractivity contribution is 7.12. The van der Waals surface area contributed by atoms with Crippen molar-refractivity contribution in [1.29, 1.82) is 0 Å². The third-order valence-electron chi connectivity index (χ3n) is 2.42. The van der Waals surface area contributed by atoms with Gasteiger partial charge in [-0.15, -0.1) is 11.3 Å². The fraction of sp³-hybridized carbons (Fsp3) is 0.0833. The molecule has 98 valence electrons. The van der Waals surface area contributed by atoms with Crippen LogP contribution in [0.15, 0.2) is 23.7 Å². The van der Waals surface area contributed by atoms with Gasteiger partial charge in [0.1, 0.15) is 4.88 Å². The lowest BCUT2D eigenvalue weighted by molar-refractivity contribution is 0.0696. The van der Waals surface area contributed by atoms with Gasteiger partial charge in [-0.2, -0.15) is 0 Å². The van der Waals surface area contributed by atoms with Crippen molar-refractivity contribution in [3.8, 4) is 0 Å². The molecule has 0 fully saturated rings. The zero-order valence-electron chi connectivity index (χ0n) is 9.81. The number of hydrogen-bond donors (Lipinski definition) is 2. The van der Waals surface area contributed by atoms with Crippen LogP contribution in [0, 0.1) is 6.92 Å². The Balaban J connectivity index is 2.23. The number of halogens is 1. The quantitative estimate of drug-likeness (QED) is 0.912. The van der Waals surface area contributed by atoms with Crippen LogP contribution in [0.2, 0.25) is 5.02 Å². The van der Waals surface area contributed by atoms with E-state index in [0.717, 1.165) is 0 Å². The van der Waals surface area contributed by atoms with Crippen LogP contribution in [0.25, 0.3) is 0 Å². The smallest absolute Gasteiger partial charge is 0.335 e. The SMILES string of the molecule is Cc1ncsc1C(=O)Nc1ccc(C(=O)O)cc1Cl. The molecule has 1 amide bonds. The van der Waals surface area contributed by atoms with Gasteiger partial charge in [-0.3, -0.25) is 4.79 Å². The molecule has 0 aliphatic rings. The topological polar surface area (TPSA) is 79.3 Å². The molecule has 2 aromatic rings. The second-order valence-corrected chi connectivity index (χ2v) is 4.98. The van der Waals surface area contributed by atoms with Gasteiger partial charge < -0.3 is 10.4 Å². The Morgan fingerprint density at radius 2 is 2.16 bits per heavy atom. The number of carbonyl (C=O) groups is 2. The van der Waals surface area contributed by atoms with Gasteiger partial charge in [-0.25, -0.2) is 9.78 Å². The molecular formula is C12H9ClN2O3S. The number of aromatic carboxylic acids is 1. The first-order valence-corrected chi connectivity index (χ1v) is 6.49. The van der Waals surface area contributed by atoms with Gasteiger partial charge in [0.2, 0.25) is 0 Å². The molecule has 1 heterocycles. The Kier molecular flexibility index (Phi) is 3.82. The van der Waals surface area contributed by atoms with Crippen molar-refractivity contribution in [3.05, 3.63) is 44.9 Å². The van der Waals surface area contributed by atoms with E-state index in [1.54, 1.807) is 12.4 Å². The normalized spacial score (nSPS) is 10.2. The average molecular weight is 297 g/mol. The maximum atomic E-state index is 12.0. The number of thiazole rings is 1. The van der Waals surface area contributed by atoms with E-state index >= 15 is 0 Å². The van der Waals surface area contributed by atoms with Crippen LogP contribution < -0.4 is 5.32 Å². The predicted octanol–water partition coefficient (Wildman–Crippen LogP) is 3.06. The molecule has 2 N–H and O–H groups in total. The van der Waals surface area contributed by atoms with E-state index in [4.69, 9.17) is 16.7 Å². The predicted molar refractivity (Wildman–Crippen MR) is 73.2 cm³/mol. The largest absolute Gasteiger partial charge is 0.478 e. The first-order valence-electron chi connectivity index (χ1n) is 5.23. The maximum Gasteiger partial charge on any atom is 0.335 e. The van der Waals surface area contributed by atoms with E-state index in [-0.39, 0.29) is 16.5 Å². The third kappa shape index (κ3) is 2.91. The highest BCUT2D eigenvalue weighted by Gasteiger charge is 2.14. The Labute approximate surface area is 117 Å². The van der Waals surface area contributed by atoms with E-state index < -0.39 is 5.97 Å². The lowest BCUT2D eigenvalue weighted by atomic mass is 10.2. The minimum Gasteiger partial charge on any atom is -0.478 e. The van der Waals surface area contributed by atoms with E-state index in [0.29, 0.717) is 16.3 Å². The van der Waals surface area contributed by atoms with Crippen molar-refractivity contribution < 1.29 is 14.7 Å². The van der Waals surface area contributed by atoms with Crippen molar-refractivity contribution in [1.82, 2.24) is 4.98 Å². The summed E-state index contributed by atoms with van der Waals surface area (Å²) in [6, 6.07) is 4.13. The molecule has 1 aromatic heterocycles. The van der Waals surface area contributed by atoms with Crippen molar-refractivity contribution in [2.75, 3.05) is 5.32 Å². The van der Waals surface area contributed by atoms with E-state index in [9.17, 15) is 9.59 Å². The molecule has 0 radical (unpaired) electrons. The monoisotopic (exact) mass is 296 g/mol. The summed E-state index contributed by atoms with van der Waals surface area (Å²) in [5.41, 5.74) is 2.65. The number of carboxylic acid groups (broad SMARTS) is 1. The molecular weight excluding hydrogens is 288 g/mol. The molecule has 0 bridgehead atoms. The van der Waals surface area contributed by atoms with Gasteiger partial charge in [-0.1, -0.05) is 11.6 Å². The first kappa shape index (κ1) is 13.5. The zero-order chi connectivity index (χ0) is 14.0. The third-order valence-corrected chi connectivity index (χ3v) is 3.66. The van der Waals surface area contributed by atoms with Gasteiger partial charge in [0.05, 0.1) is 27.5 Å². The second-order valence-electron chi connectivity index (χ2n) is 3.72. The zero-order valence-corrected chi connectivity index (χ0v) is 11.4. The number of carbonyl (C=O) groups excluding carboxylic acids is 1. The van der Waals surface area contributed by atoms with Crippen LogP contribution in [0.1, 0.15) is 25.7 Å². The number of hydrogen-bond acceptors (Lipinski definition) is 4. The van der Waals surface area contributed by atoms with E-state index in [2.05, 4.69) is 10.3 Å². The number of amides is 1. The van der Waals surface area contributed by atoms with Crippen LogP contribution >= 0.6 is 22.9 Å². The molecule has 0 spiro atoms. The molecule has 0 aliphatic carbocycles. The summed E-state index contributed by atoms with van der Waals surface area (Å²) in [5, 5.41) is 11.6. The number of benzene rings is 1. The molecule has 1 aromatic carbocycles. The van der Waals surface area contributed by atoms with Crippen molar-refractivity contribution >= 4 is 40.5 Å². The lowest BCUT2D eigenvalue weighted by Crippen LogP contribution is -2.12. The molecule has 5 nitrogen and oxygen atoms in total. The van der Waals surface area contributed by atoms with Crippen molar-refractivity contribution in [2.24, 2.45) is 0 Å². The minimum absolute atomic E-state index is 0.0666. The van der Waals surface area contributed by atoms with E-state index in [1.807, 2.05) is 0 Å². The molecule has 19 heavy (non-hydrogen) atoms. The van der Waals surface area contributed by atoms with Gasteiger partial charge >= 0.3 is 5.97 Å². The Morgan fingerprint density at radius 1 is 1.42 bits per heavy atom.